The van der Waals surface area contributed by atoms with Gasteiger partial charge in [-0.05, 0) is 24.5 Å². The highest BCUT2D eigenvalue weighted by atomic mass is 16.5. The predicted molar refractivity (Wildman–Crippen MR) is 72.3 cm³/mol. The molecule has 0 aromatic heterocycles. The lowest BCUT2D eigenvalue weighted by molar-refractivity contribution is 0.111. The van der Waals surface area contributed by atoms with Crippen molar-refractivity contribution in [1.29, 1.82) is 0 Å². The summed E-state index contributed by atoms with van der Waals surface area (Å²) in [5.41, 5.74) is 0.234. The molecule has 1 aromatic rings. The second-order valence-corrected chi connectivity index (χ2v) is 4.72. The van der Waals surface area contributed by atoms with Crippen molar-refractivity contribution in [2.24, 2.45) is 5.92 Å². The fraction of sp³-hybridized carbons (Fsp3) is 0.533. The highest BCUT2D eigenvalue weighted by Gasteiger charge is 2.09. The lowest BCUT2D eigenvalue weighted by atomic mass is 10.0. The number of hydrogen-bond acceptors (Lipinski definition) is 3. The molecule has 0 bridgehead atoms. The first kappa shape index (κ1) is 14.6. The molecule has 1 aromatic carbocycles. The van der Waals surface area contributed by atoms with Crippen LogP contribution in [-0.2, 0) is 0 Å². The van der Waals surface area contributed by atoms with Gasteiger partial charge in [-0.15, -0.1) is 0 Å². The van der Waals surface area contributed by atoms with Gasteiger partial charge in [0.2, 0.25) is 0 Å². The van der Waals surface area contributed by atoms with Crippen molar-refractivity contribution in [2.75, 3.05) is 6.61 Å². The topological polar surface area (TPSA) is 46.5 Å². The Labute approximate surface area is 109 Å². The molecule has 0 aliphatic heterocycles. The van der Waals surface area contributed by atoms with E-state index in [-0.39, 0.29) is 11.3 Å². The highest BCUT2D eigenvalue weighted by molar-refractivity contribution is 5.83. The van der Waals surface area contributed by atoms with Gasteiger partial charge in [-0.25, -0.2) is 0 Å². The van der Waals surface area contributed by atoms with Gasteiger partial charge in [0.05, 0.1) is 12.2 Å². The smallest absolute Gasteiger partial charge is 0.157 e. The second-order valence-electron chi connectivity index (χ2n) is 4.72. The summed E-state index contributed by atoms with van der Waals surface area (Å²) in [6.07, 6.45) is 5.43. The Morgan fingerprint density at radius 1 is 1.39 bits per heavy atom. The number of phenolic OH excluding ortho intramolecular Hbond substituents is 1. The van der Waals surface area contributed by atoms with Crippen molar-refractivity contribution in [2.45, 2.75) is 39.5 Å². The van der Waals surface area contributed by atoms with E-state index in [2.05, 4.69) is 13.8 Å². The maximum atomic E-state index is 10.9. The number of phenols is 1. The summed E-state index contributed by atoms with van der Waals surface area (Å²) in [4.78, 5) is 10.9. The van der Waals surface area contributed by atoms with Crippen LogP contribution >= 0.6 is 0 Å². The van der Waals surface area contributed by atoms with Crippen LogP contribution < -0.4 is 4.74 Å². The molecule has 1 N–H and O–H groups in total. The minimum absolute atomic E-state index is 0.0267. The number of rotatable bonds is 8. The standard InChI is InChI=1S/C15H22O3/c1-3-4-5-7-12(2)11-18-15-9-6-8-14(17)13(15)10-16/h6,8-10,12,17H,3-5,7,11H2,1-2H3. The predicted octanol–water partition coefficient (Wildman–Crippen LogP) is 3.80. The third-order valence-electron chi connectivity index (χ3n) is 2.98. The van der Waals surface area contributed by atoms with Gasteiger partial charge in [-0.2, -0.15) is 0 Å². The molecule has 1 rings (SSSR count). The monoisotopic (exact) mass is 250 g/mol. The Hall–Kier alpha value is -1.51. The number of aldehydes is 1. The number of carbonyl (C=O) groups excluding carboxylic acids is 1. The third kappa shape index (κ3) is 4.40. The number of aromatic hydroxyl groups is 1. The summed E-state index contributed by atoms with van der Waals surface area (Å²) in [5, 5.41) is 9.52. The zero-order valence-electron chi connectivity index (χ0n) is 11.2. The first-order valence-electron chi connectivity index (χ1n) is 6.59. The lowest BCUT2D eigenvalue weighted by Gasteiger charge is -2.14. The molecule has 0 amide bonds. The number of carbonyl (C=O) groups is 1. The number of ether oxygens (including phenoxy) is 1. The van der Waals surface area contributed by atoms with E-state index in [0.29, 0.717) is 24.6 Å². The molecular formula is C15H22O3. The average Bonchev–Trinajstić information content (AvgIpc) is 2.36. The van der Waals surface area contributed by atoms with E-state index in [1.807, 2.05) is 0 Å². The van der Waals surface area contributed by atoms with Crippen LogP contribution in [0.5, 0.6) is 11.5 Å². The van der Waals surface area contributed by atoms with Crippen molar-refractivity contribution in [3.05, 3.63) is 23.8 Å². The van der Waals surface area contributed by atoms with Crippen LogP contribution in [0.4, 0.5) is 0 Å². The molecule has 0 saturated heterocycles. The average molecular weight is 250 g/mol. The molecule has 1 atom stereocenters. The Morgan fingerprint density at radius 2 is 2.17 bits per heavy atom. The molecular weight excluding hydrogens is 228 g/mol. The highest BCUT2D eigenvalue weighted by Crippen LogP contribution is 2.26. The molecule has 0 heterocycles. The van der Waals surface area contributed by atoms with Crippen LogP contribution in [-0.4, -0.2) is 18.0 Å². The van der Waals surface area contributed by atoms with Crippen LogP contribution in [0.3, 0.4) is 0 Å². The minimum atomic E-state index is -0.0267. The van der Waals surface area contributed by atoms with Gasteiger partial charge in [0, 0.05) is 0 Å². The summed E-state index contributed by atoms with van der Waals surface area (Å²) in [6.45, 7) is 4.90. The van der Waals surface area contributed by atoms with Crippen molar-refractivity contribution in [1.82, 2.24) is 0 Å². The summed E-state index contributed by atoms with van der Waals surface area (Å²) in [5.74, 6) is 0.895. The Balaban J connectivity index is 2.48. The Morgan fingerprint density at radius 3 is 2.83 bits per heavy atom. The van der Waals surface area contributed by atoms with Crippen LogP contribution in [0, 0.1) is 5.92 Å². The third-order valence-corrected chi connectivity index (χ3v) is 2.98. The molecule has 0 saturated carbocycles. The second kappa shape index (κ2) is 7.75. The maximum absolute atomic E-state index is 10.9. The van der Waals surface area contributed by atoms with Gasteiger partial charge < -0.3 is 9.84 Å². The van der Waals surface area contributed by atoms with E-state index in [0.717, 1.165) is 6.42 Å². The molecule has 0 aliphatic carbocycles. The van der Waals surface area contributed by atoms with Crippen LogP contribution in [0.1, 0.15) is 49.9 Å². The fourth-order valence-corrected chi connectivity index (χ4v) is 1.83. The van der Waals surface area contributed by atoms with E-state index >= 15 is 0 Å². The van der Waals surface area contributed by atoms with E-state index in [4.69, 9.17) is 4.74 Å². The van der Waals surface area contributed by atoms with Crippen LogP contribution in [0.25, 0.3) is 0 Å². The maximum Gasteiger partial charge on any atom is 0.157 e. The number of benzene rings is 1. The van der Waals surface area contributed by atoms with Crippen LogP contribution in [0.2, 0.25) is 0 Å². The molecule has 100 valence electrons. The molecule has 3 nitrogen and oxygen atoms in total. The van der Waals surface area contributed by atoms with Gasteiger partial charge >= 0.3 is 0 Å². The Bertz CT molecular complexity index is 374. The normalized spacial score (nSPS) is 12.1. The van der Waals surface area contributed by atoms with Crippen molar-refractivity contribution in [3.8, 4) is 11.5 Å². The minimum Gasteiger partial charge on any atom is -0.507 e. The molecule has 0 radical (unpaired) electrons. The van der Waals surface area contributed by atoms with Gasteiger partial charge in [-0.3, -0.25) is 4.79 Å². The SMILES string of the molecule is CCCCCC(C)COc1cccc(O)c1C=O. The van der Waals surface area contributed by atoms with E-state index in [1.54, 1.807) is 12.1 Å². The fourth-order valence-electron chi connectivity index (χ4n) is 1.83. The van der Waals surface area contributed by atoms with Crippen molar-refractivity contribution >= 4 is 6.29 Å². The van der Waals surface area contributed by atoms with Gasteiger partial charge in [-0.1, -0.05) is 39.2 Å². The van der Waals surface area contributed by atoms with Crippen molar-refractivity contribution < 1.29 is 14.6 Å². The first-order chi connectivity index (χ1) is 8.69. The number of hydrogen-bond donors (Lipinski definition) is 1. The summed E-state index contributed by atoms with van der Waals surface area (Å²) < 4.78 is 5.61. The quantitative estimate of drug-likeness (QED) is 0.564. The van der Waals surface area contributed by atoms with Gasteiger partial charge in [0.1, 0.15) is 11.5 Å². The zero-order valence-corrected chi connectivity index (χ0v) is 11.2. The molecule has 1 unspecified atom stereocenters. The summed E-state index contributed by atoms with van der Waals surface area (Å²) >= 11 is 0. The van der Waals surface area contributed by atoms with Crippen LogP contribution in [0.15, 0.2) is 18.2 Å². The molecule has 0 aliphatic rings. The molecule has 18 heavy (non-hydrogen) atoms. The Kier molecular flexibility index (Phi) is 6.26. The van der Waals surface area contributed by atoms with E-state index < -0.39 is 0 Å². The zero-order chi connectivity index (χ0) is 13.4. The molecule has 3 heteroatoms. The molecule has 0 spiro atoms. The first-order valence-corrected chi connectivity index (χ1v) is 6.59. The van der Waals surface area contributed by atoms with E-state index in [9.17, 15) is 9.90 Å². The van der Waals surface area contributed by atoms with Crippen molar-refractivity contribution in [3.63, 3.8) is 0 Å². The summed E-state index contributed by atoms with van der Waals surface area (Å²) in [7, 11) is 0. The van der Waals surface area contributed by atoms with E-state index in [1.165, 1.54) is 25.3 Å². The van der Waals surface area contributed by atoms with Gasteiger partial charge in [0.25, 0.3) is 0 Å². The largest absolute Gasteiger partial charge is 0.507 e. The molecule has 0 fully saturated rings. The number of unbranched alkanes of at least 4 members (excludes halogenated alkanes) is 2. The lowest BCUT2D eigenvalue weighted by Crippen LogP contribution is -2.09. The van der Waals surface area contributed by atoms with Gasteiger partial charge in [0.15, 0.2) is 6.29 Å². The summed E-state index contributed by atoms with van der Waals surface area (Å²) in [6, 6.07) is 4.88.